The summed E-state index contributed by atoms with van der Waals surface area (Å²) in [4.78, 5) is 83.5. The zero-order chi connectivity index (χ0) is 39.0. The molecule has 0 spiro atoms. The molecule has 1 aromatic rings. The third-order valence-electron chi connectivity index (χ3n) is 9.80. The van der Waals surface area contributed by atoms with Crippen LogP contribution in [0.2, 0.25) is 0 Å². The maximum Gasteiger partial charge on any atom is 0.410 e. The molecule has 5 rings (SSSR count). The predicted molar refractivity (Wildman–Crippen MR) is 188 cm³/mol. The third-order valence-corrected chi connectivity index (χ3v) is 11.6. The second-order valence-corrected chi connectivity index (χ2v) is 16.9. The molecule has 0 unspecified atom stereocenters. The molecule has 2 saturated carbocycles. The van der Waals surface area contributed by atoms with E-state index in [2.05, 4.69) is 21.9 Å². The fourth-order valence-corrected chi connectivity index (χ4v) is 7.84. The molecule has 0 bridgehead atoms. The molecule has 3 N–H and O–H groups in total. The Morgan fingerprint density at radius 3 is 2.42 bits per heavy atom. The number of fused-ring (bicyclic) bond motifs is 1. The van der Waals surface area contributed by atoms with Gasteiger partial charge in [0.25, 0.3) is 5.91 Å². The number of sulfonamides is 1. The number of benzene rings is 1. The highest BCUT2D eigenvalue weighted by Crippen LogP contribution is 2.45. The standard InChI is InChI=1S/C36H46FN5O10S/c1-7-20(3)29(43)15-27(38-33(47)52-35(4,5)6)31(45)42-18-23(51-34(48)41-17-21-10-9-11-26(37)25(21)19-41)14-28(42)30(44)39-36(16-22(36)8-2)32(46)40-53(49,50)24-12-13-24/h7-11,22-24,27-28H,2,12-19H2,1,3-6H3,(H,38,47)(H,39,44)(H,40,46)/t22-,23-,27+,28+,36-/m1/s1. The van der Waals surface area contributed by atoms with Crippen molar-refractivity contribution in [2.24, 2.45) is 5.92 Å². The van der Waals surface area contributed by atoms with Gasteiger partial charge < -0.3 is 25.0 Å². The molecule has 2 aliphatic carbocycles. The predicted octanol–water partition coefficient (Wildman–Crippen LogP) is 2.74. The number of hydrogen-bond donors (Lipinski definition) is 3. The number of nitrogens with zero attached hydrogens (tertiary/aromatic N) is 2. The van der Waals surface area contributed by atoms with Crippen molar-refractivity contribution in [3.63, 3.8) is 0 Å². The van der Waals surface area contributed by atoms with Crippen molar-refractivity contribution in [3.8, 4) is 0 Å². The number of amides is 5. The summed E-state index contributed by atoms with van der Waals surface area (Å²) in [5, 5.41) is 4.38. The highest BCUT2D eigenvalue weighted by Gasteiger charge is 2.62. The van der Waals surface area contributed by atoms with Crippen LogP contribution in [0.3, 0.4) is 0 Å². The topological polar surface area (TPSA) is 198 Å². The van der Waals surface area contributed by atoms with Gasteiger partial charge in [0.2, 0.25) is 21.8 Å². The van der Waals surface area contributed by atoms with Gasteiger partial charge in [-0.3, -0.25) is 28.8 Å². The van der Waals surface area contributed by atoms with Gasteiger partial charge in [0.05, 0.1) is 18.3 Å². The number of ether oxygens (including phenoxy) is 2. The number of alkyl carbamates (subject to hydrolysis) is 1. The maximum atomic E-state index is 14.4. The SMILES string of the molecule is C=C[C@@H]1C[C@]1(NC(=O)[C@@H]1C[C@@H](OC(=O)N2Cc3cccc(F)c3C2)CN1C(=O)[C@H](CC(=O)C(C)=CC)NC(=O)OC(C)(C)C)C(=O)NS(=O)(=O)C1CC1. The lowest BCUT2D eigenvalue weighted by molar-refractivity contribution is -0.141. The Balaban J connectivity index is 1.40. The van der Waals surface area contributed by atoms with Crippen molar-refractivity contribution in [2.75, 3.05) is 6.54 Å². The molecular weight excluding hydrogens is 713 g/mol. The summed E-state index contributed by atoms with van der Waals surface area (Å²) in [5.41, 5.74) is -1.37. The van der Waals surface area contributed by atoms with Gasteiger partial charge in [-0.25, -0.2) is 22.4 Å². The number of likely N-dealkylation sites (tertiary alicyclic amines) is 1. The van der Waals surface area contributed by atoms with Gasteiger partial charge in [0.15, 0.2) is 5.78 Å². The molecular formula is C36H46FN5O10S. The largest absolute Gasteiger partial charge is 0.444 e. The van der Waals surface area contributed by atoms with Gasteiger partial charge in [-0.05, 0) is 71.1 Å². The van der Waals surface area contributed by atoms with Crippen molar-refractivity contribution in [2.45, 2.75) is 114 Å². The minimum absolute atomic E-state index is 0.0410. The molecule has 5 atom stereocenters. The van der Waals surface area contributed by atoms with E-state index >= 15 is 0 Å². The minimum Gasteiger partial charge on any atom is -0.444 e. The summed E-state index contributed by atoms with van der Waals surface area (Å²) >= 11 is 0. The molecule has 17 heteroatoms. The van der Waals surface area contributed by atoms with E-state index in [-0.39, 0.29) is 32.5 Å². The number of allylic oxidation sites excluding steroid dienone is 2. The van der Waals surface area contributed by atoms with Crippen molar-refractivity contribution >= 4 is 45.7 Å². The van der Waals surface area contributed by atoms with Crippen LogP contribution in [-0.4, -0.2) is 95.0 Å². The van der Waals surface area contributed by atoms with Crippen LogP contribution in [0.5, 0.6) is 0 Å². The van der Waals surface area contributed by atoms with Gasteiger partial charge in [0.1, 0.15) is 35.1 Å². The number of carbonyl (C=O) groups is 6. The van der Waals surface area contributed by atoms with E-state index in [1.54, 1.807) is 46.8 Å². The van der Waals surface area contributed by atoms with Crippen molar-refractivity contribution in [1.29, 1.82) is 0 Å². The van der Waals surface area contributed by atoms with Crippen LogP contribution < -0.4 is 15.4 Å². The minimum atomic E-state index is -3.97. The van der Waals surface area contributed by atoms with E-state index in [4.69, 9.17) is 9.47 Å². The number of rotatable bonds is 12. The molecule has 2 aliphatic heterocycles. The number of halogens is 1. The monoisotopic (exact) mass is 759 g/mol. The van der Waals surface area contributed by atoms with Crippen LogP contribution >= 0.6 is 0 Å². The number of nitrogens with one attached hydrogen (secondary N) is 3. The molecule has 0 aromatic heterocycles. The molecule has 2 heterocycles. The van der Waals surface area contributed by atoms with Crippen molar-refractivity contribution < 1.29 is 51.0 Å². The number of Topliss-reactive ketones (excluding diaryl/α,β-unsaturated/α-hetero) is 1. The summed E-state index contributed by atoms with van der Waals surface area (Å²) < 4.78 is 52.9. The average molecular weight is 760 g/mol. The summed E-state index contributed by atoms with van der Waals surface area (Å²) in [6, 6.07) is 1.59. The Morgan fingerprint density at radius 2 is 1.83 bits per heavy atom. The third kappa shape index (κ3) is 8.88. The highest BCUT2D eigenvalue weighted by atomic mass is 32.2. The Bertz CT molecular complexity index is 1860. The molecule has 3 fully saturated rings. The van der Waals surface area contributed by atoms with Gasteiger partial charge in [-0.15, -0.1) is 6.58 Å². The summed E-state index contributed by atoms with van der Waals surface area (Å²) in [6.07, 6.45) is 0.153. The average Bonchev–Trinajstić information content (AvgIpc) is 3.97. The number of ketones is 1. The zero-order valence-corrected chi connectivity index (χ0v) is 31.2. The van der Waals surface area contributed by atoms with Gasteiger partial charge in [0, 0.05) is 30.9 Å². The Labute approximate surface area is 307 Å². The van der Waals surface area contributed by atoms with Crippen LogP contribution in [0.1, 0.15) is 77.8 Å². The van der Waals surface area contributed by atoms with E-state index < -0.39 is 98.4 Å². The fraction of sp³-hybridized carbons (Fsp3) is 0.556. The molecule has 1 aromatic carbocycles. The molecule has 0 radical (unpaired) electrons. The molecule has 15 nitrogen and oxygen atoms in total. The Kier molecular flexibility index (Phi) is 11.1. The van der Waals surface area contributed by atoms with Crippen molar-refractivity contribution in [3.05, 3.63) is 59.4 Å². The van der Waals surface area contributed by atoms with Crippen molar-refractivity contribution in [1.82, 2.24) is 25.2 Å². The summed E-state index contributed by atoms with van der Waals surface area (Å²) in [5.74, 6) is -4.24. The number of hydrogen-bond acceptors (Lipinski definition) is 10. The van der Waals surface area contributed by atoms with Crippen LogP contribution in [0, 0.1) is 11.7 Å². The Morgan fingerprint density at radius 1 is 1.13 bits per heavy atom. The normalized spacial score (nSPS) is 24.4. The quantitative estimate of drug-likeness (QED) is 0.211. The van der Waals surface area contributed by atoms with E-state index in [1.165, 1.54) is 23.1 Å². The van der Waals surface area contributed by atoms with Crippen LogP contribution in [-0.2, 0) is 51.8 Å². The van der Waals surface area contributed by atoms with Crippen LogP contribution in [0.15, 0.2) is 42.5 Å². The molecule has 5 amide bonds. The van der Waals surface area contributed by atoms with Crippen LogP contribution in [0.4, 0.5) is 14.0 Å². The lowest BCUT2D eigenvalue weighted by Gasteiger charge is -2.30. The van der Waals surface area contributed by atoms with Gasteiger partial charge >= 0.3 is 12.2 Å². The number of carbonyl (C=O) groups excluding carboxylic acids is 6. The Hall–Kier alpha value is -4.80. The molecule has 288 valence electrons. The first kappa shape index (κ1) is 39.4. The van der Waals surface area contributed by atoms with E-state index in [0.29, 0.717) is 29.5 Å². The fourth-order valence-electron chi connectivity index (χ4n) is 6.48. The van der Waals surface area contributed by atoms with Gasteiger partial charge in [-0.2, -0.15) is 0 Å². The van der Waals surface area contributed by atoms with E-state index in [0.717, 1.165) is 4.90 Å². The maximum absolute atomic E-state index is 14.4. The molecule has 1 saturated heterocycles. The van der Waals surface area contributed by atoms with Crippen LogP contribution in [0.25, 0.3) is 0 Å². The van der Waals surface area contributed by atoms with Gasteiger partial charge in [-0.1, -0.05) is 24.3 Å². The summed E-state index contributed by atoms with van der Waals surface area (Å²) in [6.45, 7) is 11.4. The smallest absolute Gasteiger partial charge is 0.410 e. The lowest BCUT2D eigenvalue weighted by Crippen LogP contribution is -2.58. The van der Waals surface area contributed by atoms with E-state index in [1.807, 2.05) is 0 Å². The second-order valence-electron chi connectivity index (χ2n) is 15.0. The molecule has 53 heavy (non-hydrogen) atoms. The zero-order valence-electron chi connectivity index (χ0n) is 30.4. The van der Waals surface area contributed by atoms with E-state index in [9.17, 15) is 41.6 Å². The summed E-state index contributed by atoms with van der Waals surface area (Å²) in [7, 11) is -3.97. The first-order valence-corrected chi connectivity index (χ1v) is 19.0. The first-order valence-electron chi connectivity index (χ1n) is 17.5. The highest BCUT2D eigenvalue weighted by molar-refractivity contribution is 7.91. The molecule has 4 aliphatic rings. The lowest BCUT2D eigenvalue weighted by atomic mass is 10.0. The first-order chi connectivity index (χ1) is 24.8. The second kappa shape index (κ2) is 14.9.